The van der Waals surface area contributed by atoms with Crippen LogP contribution in [0.1, 0.15) is 20.3 Å². The molecule has 0 aromatic heterocycles. The van der Waals surface area contributed by atoms with Gasteiger partial charge in [-0.3, -0.25) is 0 Å². The maximum atomic E-state index is 5.44. The van der Waals surface area contributed by atoms with Crippen molar-refractivity contribution in [2.75, 3.05) is 20.8 Å². The highest BCUT2D eigenvalue weighted by atomic mass is 28.4. The lowest BCUT2D eigenvalue weighted by atomic mass is 10.4. The largest absolute Gasteiger partial charge is 0.398 e. The van der Waals surface area contributed by atoms with E-state index in [9.17, 15) is 0 Å². The van der Waals surface area contributed by atoms with Gasteiger partial charge in [0.25, 0.3) is 0 Å². The minimum atomic E-state index is -1.85. The first-order valence-electron chi connectivity index (χ1n) is 4.76. The van der Waals surface area contributed by atoms with Crippen LogP contribution < -0.4 is 0 Å². The quantitative estimate of drug-likeness (QED) is 0.472. The Kier molecular flexibility index (Phi) is 6.58. The molecule has 0 aromatic carbocycles. The van der Waals surface area contributed by atoms with Gasteiger partial charge < -0.3 is 13.6 Å². The van der Waals surface area contributed by atoms with Crippen LogP contribution in [-0.2, 0) is 13.6 Å². The molecule has 0 atom stereocenters. The van der Waals surface area contributed by atoms with E-state index >= 15 is 0 Å². The van der Waals surface area contributed by atoms with E-state index in [1.165, 1.54) is 0 Å². The normalized spacial score (nSPS) is 12.5. The van der Waals surface area contributed by atoms with Gasteiger partial charge in [-0.05, 0) is 32.9 Å². The number of hydrogen-bond donors (Lipinski definition) is 0. The van der Waals surface area contributed by atoms with Crippen LogP contribution in [0, 0.1) is 0 Å². The first kappa shape index (κ1) is 13.1. The van der Waals surface area contributed by atoms with Crippen LogP contribution in [0.25, 0.3) is 0 Å². The third kappa shape index (κ3) is 6.21. The lowest BCUT2D eigenvalue weighted by Crippen LogP contribution is -2.36. The van der Waals surface area contributed by atoms with Crippen molar-refractivity contribution in [3.8, 4) is 0 Å². The highest BCUT2D eigenvalue weighted by molar-refractivity contribution is 6.65. The van der Waals surface area contributed by atoms with Crippen LogP contribution in [0.5, 0.6) is 0 Å². The Morgan fingerprint density at radius 3 is 2.08 bits per heavy atom. The molecule has 13 heavy (non-hydrogen) atoms. The summed E-state index contributed by atoms with van der Waals surface area (Å²) in [6.45, 7) is 6.96. The van der Waals surface area contributed by atoms with Crippen molar-refractivity contribution in [2.24, 2.45) is 0 Å². The van der Waals surface area contributed by atoms with Gasteiger partial charge in [0, 0.05) is 20.8 Å². The molecule has 3 nitrogen and oxygen atoms in total. The first-order chi connectivity index (χ1) is 6.04. The summed E-state index contributed by atoms with van der Waals surface area (Å²) in [5.41, 5.74) is 0. The number of hydrogen-bond acceptors (Lipinski definition) is 3. The second-order valence-electron chi connectivity index (χ2n) is 3.57. The molecule has 0 aliphatic carbocycles. The molecule has 0 saturated heterocycles. The van der Waals surface area contributed by atoms with Crippen LogP contribution in [0.2, 0.25) is 12.6 Å². The number of ether oxygens (including phenoxy) is 1. The molecule has 0 heterocycles. The van der Waals surface area contributed by atoms with E-state index in [2.05, 4.69) is 6.55 Å². The highest BCUT2D eigenvalue weighted by Gasteiger charge is 2.27. The predicted octanol–water partition coefficient (Wildman–Crippen LogP) is 2.17. The van der Waals surface area contributed by atoms with E-state index < -0.39 is 8.56 Å². The average Bonchev–Trinajstić information content (AvgIpc) is 2.12. The average molecular weight is 206 g/mol. The van der Waals surface area contributed by atoms with Crippen molar-refractivity contribution in [1.29, 1.82) is 0 Å². The second kappa shape index (κ2) is 6.54. The summed E-state index contributed by atoms with van der Waals surface area (Å²) in [5.74, 6) is 0. The maximum absolute atomic E-state index is 5.44. The first-order valence-corrected chi connectivity index (χ1v) is 7.28. The Morgan fingerprint density at radius 2 is 1.69 bits per heavy atom. The summed E-state index contributed by atoms with van der Waals surface area (Å²) >= 11 is 0. The van der Waals surface area contributed by atoms with Crippen molar-refractivity contribution >= 4 is 8.56 Å². The van der Waals surface area contributed by atoms with E-state index in [-0.39, 0.29) is 0 Å². The predicted molar refractivity (Wildman–Crippen MR) is 56.1 cm³/mol. The van der Waals surface area contributed by atoms with Crippen molar-refractivity contribution in [3.63, 3.8) is 0 Å². The van der Waals surface area contributed by atoms with Gasteiger partial charge in [0.05, 0.1) is 6.10 Å². The summed E-state index contributed by atoms with van der Waals surface area (Å²) < 4.78 is 16.1. The highest BCUT2D eigenvalue weighted by Crippen LogP contribution is 2.13. The maximum Gasteiger partial charge on any atom is 0.334 e. The summed E-state index contributed by atoms with van der Waals surface area (Å²) in [4.78, 5) is 0. The Balaban J connectivity index is 3.50. The zero-order valence-corrected chi connectivity index (χ0v) is 10.4. The summed E-state index contributed by atoms with van der Waals surface area (Å²) in [6.07, 6.45) is 1.33. The molecule has 0 unspecified atom stereocenters. The number of rotatable bonds is 7. The van der Waals surface area contributed by atoms with Crippen LogP contribution in [0.4, 0.5) is 0 Å². The smallest absolute Gasteiger partial charge is 0.334 e. The fraction of sp³-hybridized carbons (Fsp3) is 1.00. The summed E-state index contributed by atoms with van der Waals surface area (Å²) in [6, 6.07) is 0.993. The third-order valence-electron chi connectivity index (χ3n) is 2.09. The molecule has 0 rings (SSSR count). The molecule has 0 fully saturated rings. The molecular formula is C9H22O3Si. The van der Waals surface area contributed by atoms with Crippen LogP contribution in [0.15, 0.2) is 0 Å². The van der Waals surface area contributed by atoms with E-state index in [1.54, 1.807) is 14.2 Å². The molecule has 0 bridgehead atoms. The molecular weight excluding hydrogens is 184 g/mol. The van der Waals surface area contributed by atoms with E-state index in [0.29, 0.717) is 6.10 Å². The fourth-order valence-electron chi connectivity index (χ4n) is 1.000. The van der Waals surface area contributed by atoms with Gasteiger partial charge >= 0.3 is 8.56 Å². The lowest BCUT2D eigenvalue weighted by molar-refractivity contribution is 0.0777. The van der Waals surface area contributed by atoms with Crippen LogP contribution in [0.3, 0.4) is 0 Å². The molecule has 0 saturated carbocycles. The van der Waals surface area contributed by atoms with Gasteiger partial charge in [-0.25, -0.2) is 0 Å². The molecule has 0 amide bonds. The van der Waals surface area contributed by atoms with Crippen molar-refractivity contribution in [1.82, 2.24) is 0 Å². The molecule has 0 aliphatic heterocycles. The Labute approximate surface area is 82.6 Å². The Hall–Kier alpha value is 0.0969. The Bertz CT molecular complexity index is 124. The molecule has 4 heteroatoms. The van der Waals surface area contributed by atoms with Gasteiger partial charge in [-0.15, -0.1) is 0 Å². The minimum absolute atomic E-state index is 0.318. The van der Waals surface area contributed by atoms with E-state index in [4.69, 9.17) is 13.6 Å². The fourth-order valence-corrected chi connectivity index (χ4v) is 2.36. The molecule has 0 radical (unpaired) electrons. The van der Waals surface area contributed by atoms with Crippen LogP contribution in [-0.4, -0.2) is 35.5 Å². The SMILES string of the molecule is CO[Si](C)(CCCOC(C)C)OC. The molecule has 0 spiro atoms. The molecule has 0 aromatic rings. The Morgan fingerprint density at radius 1 is 1.15 bits per heavy atom. The second-order valence-corrected chi connectivity index (χ2v) is 7.15. The van der Waals surface area contributed by atoms with Gasteiger partial charge in [0.15, 0.2) is 0 Å². The standard InChI is InChI=1S/C9H22O3Si/c1-9(2)12-7-6-8-13(5,10-3)11-4/h9H,6-8H2,1-5H3. The zero-order chi connectivity index (χ0) is 10.3. The summed E-state index contributed by atoms with van der Waals surface area (Å²) in [5, 5.41) is 0. The van der Waals surface area contributed by atoms with E-state index in [1.807, 2.05) is 13.8 Å². The van der Waals surface area contributed by atoms with Gasteiger partial charge in [-0.1, -0.05) is 0 Å². The molecule has 0 N–H and O–H groups in total. The topological polar surface area (TPSA) is 27.7 Å². The monoisotopic (exact) mass is 206 g/mol. The van der Waals surface area contributed by atoms with Crippen LogP contribution >= 0.6 is 0 Å². The van der Waals surface area contributed by atoms with Crippen molar-refractivity contribution in [2.45, 2.75) is 39.0 Å². The van der Waals surface area contributed by atoms with Gasteiger partial charge in [-0.2, -0.15) is 0 Å². The summed E-state index contributed by atoms with van der Waals surface area (Å²) in [7, 11) is 1.59. The molecule has 80 valence electrons. The van der Waals surface area contributed by atoms with E-state index in [0.717, 1.165) is 19.1 Å². The van der Waals surface area contributed by atoms with Crippen molar-refractivity contribution < 1.29 is 13.6 Å². The minimum Gasteiger partial charge on any atom is -0.398 e. The zero-order valence-electron chi connectivity index (χ0n) is 9.42. The lowest BCUT2D eigenvalue weighted by Gasteiger charge is -2.22. The van der Waals surface area contributed by atoms with Gasteiger partial charge in [0.1, 0.15) is 0 Å². The molecule has 0 aliphatic rings. The van der Waals surface area contributed by atoms with Gasteiger partial charge in [0.2, 0.25) is 0 Å². The van der Waals surface area contributed by atoms with Crippen molar-refractivity contribution in [3.05, 3.63) is 0 Å². The third-order valence-corrected chi connectivity index (χ3v) is 5.08.